The summed E-state index contributed by atoms with van der Waals surface area (Å²) >= 11 is 0. The van der Waals surface area contributed by atoms with E-state index in [1.807, 2.05) is 9.80 Å². The summed E-state index contributed by atoms with van der Waals surface area (Å²) in [5, 5.41) is 3.14. The standard InChI is InChI=1S/C30H48N4O3.ClH/c1-3-15-34(23-26-13-16-32(17-14-26)30(36)33-18-20-37-21-19-33)24(2)22-25-9-11-28(12-10-25)31-29(35)27-7-5-4-6-8-27;/h9-12,24,26-27H,3-8,13-23H2,1-2H3,(H,31,35);1H. The largest absolute Gasteiger partial charge is 0.378 e. The lowest BCUT2D eigenvalue weighted by molar-refractivity contribution is -0.120. The van der Waals surface area contributed by atoms with Gasteiger partial charge in [-0.05, 0) is 75.6 Å². The number of nitrogens with zero attached hydrogens (tertiary/aromatic N) is 3. The van der Waals surface area contributed by atoms with Crippen LogP contribution in [0.2, 0.25) is 0 Å². The van der Waals surface area contributed by atoms with Gasteiger partial charge in [-0.3, -0.25) is 4.79 Å². The SMILES string of the molecule is CCCN(CC1CCN(C(=O)N2CCOCC2)CC1)C(C)Cc1ccc(NC(=O)C2CCCCC2)cc1.Cl. The number of piperidine rings is 1. The molecule has 214 valence electrons. The highest BCUT2D eigenvalue weighted by atomic mass is 35.5. The number of carbonyl (C=O) groups is 2. The second kappa shape index (κ2) is 15.7. The number of ether oxygens (including phenoxy) is 1. The van der Waals surface area contributed by atoms with Crippen molar-refractivity contribution in [3.63, 3.8) is 0 Å². The average molecular weight is 549 g/mol. The van der Waals surface area contributed by atoms with E-state index in [2.05, 4.69) is 48.3 Å². The van der Waals surface area contributed by atoms with Gasteiger partial charge in [-0.25, -0.2) is 4.79 Å². The fourth-order valence-corrected chi connectivity index (χ4v) is 6.18. The zero-order chi connectivity index (χ0) is 26.0. The van der Waals surface area contributed by atoms with Gasteiger partial charge in [0.1, 0.15) is 0 Å². The summed E-state index contributed by atoms with van der Waals surface area (Å²) in [7, 11) is 0. The minimum atomic E-state index is 0. The first kappa shape index (κ1) is 30.7. The molecule has 8 heteroatoms. The van der Waals surface area contributed by atoms with Gasteiger partial charge in [0.25, 0.3) is 0 Å². The van der Waals surface area contributed by atoms with E-state index in [0.717, 1.165) is 70.4 Å². The molecule has 2 aliphatic heterocycles. The first-order chi connectivity index (χ1) is 18.0. The molecule has 3 amide bonds. The highest BCUT2D eigenvalue weighted by Crippen LogP contribution is 2.26. The fraction of sp³-hybridized carbons (Fsp3) is 0.733. The third-order valence-corrected chi connectivity index (χ3v) is 8.52. The number of likely N-dealkylation sites (tertiary alicyclic amines) is 1. The van der Waals surface area contributed by atoms with Crippen LogP contribution >= 0.6 is 12.4 Å². The molecule has 2 saturated heterocycles. The molecule has 2 heterocycles. The van der Waals surface area contributed by atoms with Crippen molar-refractivity contribution in [1.82, 2.24) is 14.7 Å². The van der Waals surface area contributed by atoms with Crippen LogP contribution < -0.4 is 5.32 Å². The monoisotopic (exact) mass is 548 g/mol. The van der Waals surface area contributed by atoms with Gasteiger partial charge in [0, 0.05) is 50.4 Å². The number of rotatable bonds is 9. The zero-order valence-corrected chi connectivity index (χ0v) is 24.4. The maximum atomic E-state index is 12.8. The third kappa shape index (κ3) is 8.85. The lowest BCUT2D eigenvalue weighted by Crippen LogP contribution is -2.51. The molecule has 3 aliphatic rings. The quantitative estimate of drug-likeness (QED) is 0.446. The first-order valence-corrected chi connectivity index (χ1v) is 14.8. The summed E-state index contributed by atoms with van der Waals surface area (Å²) in [6, 6.07) is 9.12. The summed E-state index contributed by atoms with van der Waals surface area (Å²) in [4.78, 5) is 32.0. The Morgan fingerprint density at radius 3 is 2.24 bits per heavy atom. The summed E-state index contributed by atoms with van der Waals surface area (Å²) < 4.78 is 5.40. The molecule has 1 aromatic carbocycles. The fourth-order valence-electron chi connectivity index (χ4n) is 6.18. The number of benzene rings is 1. The van der Waals surface area contributed by atoms with Crippen molar-refractivity contribution in [1.29, 1.82) is 0 Å². The van der Waals surface area contributed by atoms with Crippen molar-refractivity contribution < 1.29 is 14.3 Å². The van der Waals surface area contributed by atoms with Crippen LogP contribution in [0.3, 0.4) is 0 Å². The molecule has 3 fully saturated rings. The lowest BCUT2D eigenvalue weighted by atomic mass is 9.88. The van der Waals surface area contributed by atoms with Crippen molar-refractivity contribution in [3.05, 3.63) is 29.8 Å². The molecule has 7 nitrogen and oxygen atoms in total. The molecule has 1 aliphatic carbocycles. The van der Waals surface area contributed by atoms with Crippen LogP contribution in [0.1, 0.15) is 70.8 Å². The number of anilines is 1. The van der Waals surface area contributed by atoms with E-state index in [9.17, 15) is 9.59 Å². The summed E-state index contributed by atoms with van der Waals surface area (Å²) in [6.45, 7) is 11.3. The van der Waals surface area contributed by atoms with E-state index in [0.29, 0.717) is 38.3 Å². The van der Waals surface area contributed by atoms with Crippen LogP contribution in [0.15, 0.2) is 24.3 Å². The van der Waals surface area contributed by atoms with Crippen molar-refractivity contribution in [2.75, 3.05) is 57.8 Å². The molecule has 1 unspecified atom stereocenters. The van der Waals surface area contributed by atoms with Gasteiger partial charge in [0.05, 0.1) is 13.2 Å². The Kier molecular flexibility index (Phi) is 12.7. The van der Waals surface area contributed by atoms with Crippen LogP contribution in [0.4, 0.5) is 10.5 Å². The maximum absolute atomic E-state index is 12.8. The summed E-state index contributed by atoms with van der Waals surface area (Å²) in [5.41, 5.74) is 2.23. The van der Waals surface area contributed by atoms with E-state index in [1.165, 1.54) is 24.8 Å². The third-order valence-electron chi connectivity index (χ3n) is 8.52. The van der Waals surface area contributed by atoms with Crippen LogP contribution in [0.25, 0.3) is 0 Å². The van der Waals surface area contributed by atoms with Crippen molar-refractivity contribution in [2.24, 2.45) is 11.8 Å². The lowest BCUT2D eigenvalue weighted by Gasteiger charge is -2.39. The van der Waals surface area contributed by atoms with Gasteiger partial charge in [0.15, 0.2) is 0 Å². The van der Waals surface area contributed by atoms with Crippen molar-refractivity contribution >= 4 is 30.0 Å². The number of urea groups is 1. The smallest absolute Gasteiger partial charge is 0.320 e. The molecule has 0 radical (unpaired) electrons. The van der Waals surface area contributed by atoms with Gasteiger partial charge in [-0.2, -0.15) is 0 Å². The molecular formula is C30H49ClN4O3. The second-order valence-corrected chi connectivity index (χ2v) is 11.4. The maximum Gasteiger partial charge on any atom is 0.320 e. The molecule has 4 rings (SSSR count). The number of amides is 3. The minimum Gasteiger partial charge on any atom is -0.378 e. The molecule has 38 heavy (non-hydrogen) atoms. The Bertz CT molecular complexity index is 848. The minimum absolute atomic E-state index is 0. The number of morpholine rings is 1. The highest BCUT2D eigenvalue weighted by Gasteiger charge is 2.29. The molecule has 1 saturated carbocycles. The molecule has 0 aromatic heterocycles. The Balaban J connectivity index is 0.00000400. The predicted molar refractivity (Wildman–Crippen MR) is 156 cm³/mol. The summed E-state index contributed by atoms with van der Waals surface area (Å²) in [6.07, 6.45) is 9.98. The van der Waals surface area contributed by atoms with Gasteiger partial charge in [0.2, 0.25) is 5.91 Å². The highest BCUT2D eigenvalue weighted by molar-refractivity contribution is 5.92. The van der Waals surface area contributed by atoms with E-state index in [-0.39, 0.29) is 30.3 Å². The normalized spacial score (nSPS) is 20.2. The topological polar surface area (TPSA) is 65.1 Å². The van der Waals surface area contributed by atoms with E-state index >= 15 is 0 Å². The average Bonchev–Trinajstić information content (AvgIpc) is 2.95. The summed E-state index contributed by atoms with van der Waals surface area (Å²) in [5.74, 6) is 1.01. The number of halogens is 1. The van der Waals surface area contributed by atoms with Crippen LogP contribution in [-0.2, 0) is 16.0 Å². The Morgan fingerprint density at radius 1 is 0.974 bits per heavy atom. The van der Waals surface area contributed by atoms with Crippen LogP contribution in [0, 0.1) is 11.8 Å². The molecule has 0 bridgehead atoms. The Morgan fingerprint density at radius 2 is 1.61 bits per heavy atom. The predicted octanol–water partition coefficient (Wildman–Crippen LogP) is 5.43. The van der Waals surface area contributed by atoms with Crippen molar-refractivity contribution in [2.45, 2.75) is 77.7 Å². The number of hydrogen-bond donors (Lipinski definition) is 1. The molecule has 1 atom stereocenters. The molecular weight excluding hydrogens is 500 g/mol. The van der Waals surface area contributed by atoms with Gasteiger partial charge < -0.3 is 24.8 Å². The van der Waals surface area contributed by atoms with Crippen LogP contribution in [0.5, 0.6) is 0 Å². The molecule has 1 N–H and O–H groups in total. The van der Waals surface area contributed by atoms with Crippen LogP contribution in [-0.4, -0.2) is 85.2 Å². The molecule has 1 aromatic rings. The van der Waals surface area contributed by atoms with E-state index in [1.54, 1.807) is 0 Å². The Labute approximate surface area is 236 Å². The second-order valence-electron chi connectivity index (χ2n) is 11.4. The molecule has 0 spiro atoms. The zero-order valence-electron chi connectivity index (χ0n) is 23.5. The Hall–Kier alpha value is -1.83. The number of hydrogen-bond acceptors (Lipinski definition) is 4. The van der Waals surface area contributed by atoms with E-state index in [4.69, 9.17) is 4.74 Å². The first-order valence-electron chi connectivity index (χ1n) is 14.8. The van der Waals surface area contributed by atoms with Gasteiger partial charge in [-0.15, -0.1) is 12.4 Å². The van der Waals surface area contributed by atoms with Gasteiger partial charge >= 0.3 is 6.03 Å². The van der Waals surface area contributed by atoms with Gasteiger partial charge in [-0.1, -0.05) is 38.3 Å². The van der Waals surface area contributed by atoms with E-state index < -0.39 is 0 Å². The number of nitrogens with one attached hydrogen (secondary N) is 1. The van der Waals surface area contributed by atoms with Crippen molar-refractivity contribution in [3.8, 4) is 0 Å². The number of carbonyl (C=O) groups excluding carboxylic acids is 2.